The minimum absolute atomic E-state index is 0.0695. The fourth-order valence-electron chi connectivity index (χ4n) is 3.50. The minimum Gasteiger partial charge on any atom is -0.378 e. The molecule has 1 aliphatic rings. The third-order valence-electron chi connectivity index (χ3n) is 5.38. The Morgan fingerprint density at radius 2 is 1.77 bits per heavy atom. The first-order valence-corrected chi connectivity index (χ1v) is 10.7. The maximum atomic E-state index is 12.4. The lowest BCUT2D eigenvalue weighted by atomic mass is 10.2. The smallest absolute Gasteiger partial charge is 0.234 e. The Balaban J connectivity index is 1.46. The van der Waals surface area contributed by atoms with Crippen molar-refractivity contribution in [3.05, 3.63) is 47.4 Å². The molecule has 2 heterocycles. The zero-order valence-corrected chi connectivity index (χ0v) is 18.9. The van der Waals surface area contributed by atoms with E-state index in [2.05, 4.69) is 69.2 Å². The molecule has 0 aliphatic carbocycles. The molecule has 30 heavy (non-hydrogen) atoms. The van der Waals surface area contributed by atoms with Gasteiger partial charge in [-0.05, 0) is 24.6 Å². The summed E-state index contributed by atoms with van der Waals surface area (Å²) in [4.78, 5) is 28.2. The molecule has 1 saturated heterocycles. The van der Waals surface area contributed by atoms with Gasteiger partial charge in [0.25, 0.3) is 0 Å². The predicted octanol–water partition coefficient (Wildman–Crippen LogP) is 2.41. The molecular formula is C23H34N6O. The van der Waals surface area contributed by atoms with E-state index in [1.807, 2.05) is 21.0 Å². The molecule has 0 atom stereocenters. The summed E-state index contributed by atoms with van der Waals surface area (Å²) in [5.74, 6) is 2.27. The maximum Gasteiger partial charge on any atom is 0.234 e. The number of anilines is 2. The molecule has 0 unspecified atom stereocenters. The van der Waals surface area contributed by atoms with Crippen molar-refractivity contribution >= 4 is 17.4 Å². The van der Waals surface area contributed by atoms with Crippen LogP contribution in [-0.4, -0.2) is 67.6 Å². The second-order valence-electron chi connectivity index (χ2n) is 8.48. The molecular weight excluding hydrogens is 376 g/mol. The summed E-state index contributed by atoms with van der Waals surface area (Å²) in [5, 5.41) is 3.04. The van der Waals surface area contributed by atoms with Crippen LogP contribution < -0.4 is 15.1 Å². The Morgan fingerprint density at radius 3 is 2.37 bits per heavy atom. The van der Waals surface area contributed by atoms with Gasteiger partial charge in [0.05, 0.1) is 6.54 Å². The normalized spacial score (nSPS) is 14.8. The van der Waals surface area contributed by atoms with Crippen LogP contribution in [-0.2, 0) is 11.3 Å². The van der Waals surface area contributed by atoms with Gasteiger partial charge in [0.1, 0.15) is 11.6 Å². The van der Waals surface area contributed by atoms with Crippen molar-refractivity contribution in [1.29, 1.82) is 0 Å². The maximum absolute atomic E-state index is 12.4. The molecule has 0 radical (unpaired) electrons. The number of benzene rings is 1. The molecule has 1 fully saturated rings. The molecule has 1 aromatic carbocycles. The van der Waals surface area contributed by atoms with Crippen molar-refractivity contribution in [2.75, 3.05) is 56.6 Å². The summed E-state index contributed by atoms with van der Waals surface area (Å²) in [6, 6.07) is 10.3. The third-order valence-corrected chi connectivity index (χ3v) is 5.38. The Bertz CT molecular complexity index is 841. The van der Waals surface area contributed by atoms with E-state index in [1.165, 1.54) is 0 Å². The summed E-state index contributed by atoms with van der Waals surface area (Å²) >= 11 is 0. The first-order chi connectivity index (χ1) is 14.3. The highest BCUT2D eigenvalue weighted by atomic mass is 16.2. The van der Waals surface area contributed by atoms with Crippen LogP contribution in [0.15, 0.2) is 30.3 Å². The highest BCUT2D eigenvalue weighted by Gasteiger charge is 2.21. The van der Waals surface area contributed by atoms with E-state index in [4.69, 9.17) is 4.98 Å². The Kier molecular flexibility index (Phi) is 7.26. The fourth-order valence-corrected chi connectivity index (χ4v) is 3.50. The molecule has 0 saturated carbocycles. The third kappa shape index (κ3) is 5.92. The standard InChI is InChI=1S/C23H34N6O/c1-17(2)23-25-18(3)14-21(26-23)29-12-10-28(11-13-29)16-22(30)24-15-19-6-8-20(9-7-19)27(4)5/h6-9,14,17H,10-13,15-16H2,1-5H3,(H,24,30). The lowest BCUT2D eigenvalue weighted by Crippen LogP contribution is -2.49. The van der Waals surface area contributed by atoms with Crippen LogP contribution in [0.25, 0.3) is 0 Å². The largest absolute Gasteiger partial charge is 0.378 e. The molecule has 1 aromatic heterocycles. The van der Waals surface area contributed by atoms with E-state index < -0.39 is 0 Å². The van der Waals surface area contributed by atoms with Gasteiger partial charge in [0.15, 0.2) is 0 Å². The number of carbonyl (C=O) groups is 1. The van der Waals surface area contributed by atoms with Gasteiger partial charge in [-0.25, -0.2) is 9.97 Å². The number of piperazine rings is 1. The summed E-state index contributed by atoms with van der Waals surface area (Å²) < 4.78 is 0. The fraction of sp³-hybridized carbons (Fsp3) is 0.522. The van der Waals surface area contributed by atoms with Crippen LogP contribution >= 0.6 is 0 Å². The number of amides is 1. The predicted molar refractivity (Wildman–Crippen MR) is 122 cm³/mol. The van der Waals surface area contributed by atoms with E-state index in [0.717, 1.165) is 54.8 Å². The van der Waals surface area contributed by atoms with Crippen molar-refractivity contribution in [2.45, 2.75) is 33.2 Å². The molecule has 162 valence electrons. The second-order valence-corrected chi connectivity index (χ2v) is 8.48. The zero-order chi connectivity index (χ0) is 21.7. The quantitative estimate of drug-likeness (QED) is 0.756. The number of nitrogens with one attached hydrogen (secondary N) is 1. The number of carbonyl (C=O) groups excluding carboxylic acids is 1. The van der Waals surface area contributed by atoms with Crippen LogP contribution in [0.5, 0.6) is 0 Å². The SMILES string of the molecule is Cc1cc(N2CCN(CC(=O)NCc3ccc(N(C)C)cc3)CC2)nc(C(C)C)n1. The molecule has 1 aliphatic heterocycles. The Morgan fingerprint density at radius 1 is 1.10 bits per heavy atom. The molecule has 7 heteroatoms. The van der Waals surface area contributed by atoms with E-state index in [-0.39, 0.29) is 5.91 Å². The highest BCUT2D eigenvalue weighted by Crippen LogP contribution is 2.18. The van der Waals surface area contributed by atoms with Gasteiger partial charge < -0.3 is 15.1 Å². The molecule has 1 N–H and O–H groups in total. The number of hydrogen-bond acceptors (Lipinski definition) is 6. The number of aryl methyl sites for hydroxylation is 1. The topological polar surface area (TPSA) is 64.6 Å². The van der Waals surface area contributed by atoms with Crippen LogP contribution in [0.4, 0.5) is 11.5 Å². The minimum atomic E-state index is 0.0695. The van der Waals surface area contributed by atoms with Gasteiger partial charge in [-0.2, -0.15) is 0 Å². The second kappa shape index (κ2) is 9.89. The van der Waals surface area contributed by atoms with E-state index in [9.17, 15) is 4.79 Å². The van der Waals surface area contributed by atoms with Crippen molar-refractivity contribution in [3.63, 3.8) is 0 Å². The first kappa shape index (κ1) is 22.0. The van der Waals surface area contributed by atoms with Crippen molar-refractivity contribution in [3.8, 4) is 0 Å². The zero-order valence-electron chi connectivity index (χ0n) is 18.9. The number of rotatable bonds is 7. The van der Waals surface area contributed by atoms with Crippen LogP contribution in [0, 0.1) is 6.92 Å². The molecule has 0 bridgehead atoms. The van der Waals surface area contributed by atoms with Crippen LogP contribution in [0.3, 0.4) is 0 Å². The van der Waals surface area contributed by atoms with Crippen molar-refractivity contribution in [1.82, 2.24) is 20.2 Å². The van der Waals surface area contributed by atoms with E-state index in [0.29, 0.717) is 19.0 Å². The van der Waals surface area contributed by atoms with E-state index in [1.54, 1.807) is 0 Å². The Hall–Kier alpha value is -2.67. The van der Waals surface area contributed by atoms with Crippen molar-refractivity contribution in [2.24, 2.45) is 0 Å². The van der Waals surface area contributed by atoms with Gasteiger partial charge in [0.2, 0.25) is 5.91 Å². The van der Waals surface area contributed by atoms with Crippen molar-refractivity contribution < 1.29 is 4.79 Å². The monoisotopic (exact) mass is 410 g/mol. The van der Waals surface area contributed by atoms with Gasteiger partial charge in [0, 0.05) is 70.2 Å². The molecule has 7 nitrogen and oxygen atoms in total. The highest BCUT2D eigenvalue weighted by molar-refractivity contribution is 5.78. The molecule has 1 amide bonds. The first-order valence-electron chi connectivity index (χ1n) is 10.7. The lowest BCUT2D eigenvalue weighted by Gasteiger charge is -2.35. The summed E-state index contributed by atoms with van der Waals surface area (Å²) in [5.41, 5.74) is 3.27. The number of nitrogens with zero attached hydrogens (tertiary/aromatic N) is 5. The van der Waals surface area contributed by atoms with Crippen LogP contribution in [0.1, 0.15) is 36.8 Å². The van der Waals surface area contributed by atoms with Gasteiger partial charge in [-0.3, -0.25) is 9.69 Å². The van der Waals surface area contributed by atoms with Crippen LogP contribution in [0.2, 0.25) is 0 Å². The van der Waals surface area contributed by atoms with Gasteiger partial charge >= 0.3 is 0 Å². The molecule has 0 spiro atoms. The average Bonchev–Trinajstić information content (AvgIpc) is 2.72. The summed E-state index contributed by atoms with van der Waals surface area (Å²) in [6.45, 7) is 10.7. The van der Waals surface area contributed by atoms with Gasteiger partial charge in [-0.15, -0.1) is 0 Å². The molecule has 3 rings (SSSR count). The summed E-state index contributed by atoms with van der Waals surface area (Å²) in [7, 11) is 4.04. The Labute approximate surface area is 180 Å². The molecule has 2 aromatic rings. The average molecular weight is 411 g/mol. The number of aromatic nitrogens is 2. The number of hydrogen-bond donors (Lipinski definition) is 1. The van der Waals surface area contributed by atoms with E-state index >= 15 is 0 Å². The lowest BCUT2D eigenvalue weighted by molar-refractivity contribution is -0.122. The summed E-state index contributed by atoms with van der Waals surface area (Å²) in [6.07, 6.45) is 0. The van der Waals surface area contributed by atoms with Gasteiger partial charge in [-0.1, -0.05) is 26.0 Å².